The first-order valence-corrected chi connectivity index (χ1v) is 7.63. The van der Waals surface area contributed by atoms with E-state index in [1.807, 2.05) is 13.0 Å². The fourth-order valence-electron chi connectivity index (χ4n) is 2.22. The van der Waals surface area contributed by atoms with E-state index < -0.39 is 0 Å². The Morgan fingerprint density at radius 2 is 1.76 bits per heavy atom. The van der Waals surface area contributed by atoms with Crippen molar-refractivity contribution in [3.63, 3.8) is 0 Å². The van der Waals surface area contributed by atoms with Crippen LogP contribution in [0.15, 0.2) is 34.8 Å². The van der Waals surface area contributed by atoms with Gasteiger partial charge in [0.1, 0.15) is 13.2 Å². The number of carbonyl (C=O) groups excluding carboxylic acids is 1. The summed E-state index contributed by atoms with van der Waals surface area (Å²) in [6, 6.07) is 8.76. The predicted octanol–water partition coefficient (Wildman–Crippen LogP) is 4.41. The highest BCUT2D eigenvalue weighted by atomic mass is 79.9. The second kappa shape index (κ2) is 5.70. The first-order valence-electron chi connectivity index (χ1n) is 6.46. The largest absolute Gasteiger partial charge is 0.486 e. The predicted molar refractivity (Wildman–Crippen MR) is 84.8 cm³/mol. The summed E-state index contributed by atoms with van der Waals surface area (Å²) in [6.07, 6.45) is 0. The topological polar surface area (TPSA) is 35.5 Å². The number of benzene rings is 2. The van der Waals surface area contributed by atoms with Crippen LogP contribution in [0, 0.1) is 6.92 Å². The molecule has 0 saturated carbocycles. The first kappa shape index (κ1) is 14.4. The van der Waals surface area contributed by atoms with E-state index in [-0.39, 0.29) is 5.78 Å². The van der Waals surface area contributed by atoms with Gasteiger partial charge in [0.25, 0.3) is 0 Å². The van der Waals surface area contributed by atoms with Crippen LogP contribution in [0.2, 0.25) is 5.02 Å². The van der Waals surface area contributed by atoms with Crippen LogP contribution < -0.4 is 9.47 Å². The average Bonchev–Trinajstić information content (AvgIpc) is 2.48. The van der Waals surface area contributed by atoms with Crippen molar-refractivity contribution in [1.29, 1.82) is 0 Å². The van der Waals surface area contributed by atoms with Gasteiger partial charge in [-0.05, 0) is 52.7 Å². The number of ether oxygens (including phenoxy) is 2. The molecule has 1 aliphatic rings. The standard InChI is InChI=1S/C16H12BrClO3/c1-9-2-3-10(18)6-11(9)16(19)12-7-14-15(8-13(12)17)21-5-4-20-14/h2-3,6-8H,4-5H2,1H3. The zero-order valence-electron chi connectivity index (χ0n) is 11.3. The molecule has 0 atom stereocenters. The van der Waals surface area contributed by atoms with E-state index in [0.29, 0.717) is 45.3 Å². The number of carbonyl (C=O) groups is 1. The molecule has 0 radical (unpaired) electrons. The highest BCUT2D eigenvalue weighted by Gasteiger charge is 2.20. The third kappa shape index (κ3) is 2.78. The number of hydrogen-bond donors (Lipinski definition) is 0. The Balaban J connectivity index is 2.07. The maximum absolute atomic E-state index is 12.7. The molecule has 0 amide bonds. The lowest BCUT2D eigenvalue weighted by atomic mass is 9.99. The van der Waals surface area contributed by atoms with Crippen molar-refractivity contribution in [2.75, 3.05) is 13.2 Å². The van der Waals surface area contributed by atoms with Gasteiger partial charge >= 0.3 is 0 Å². The van der Waals surface area contributed by atoms with Gasteiger partial charge in [-0.2, -0.15) is 0 Å². The van der Waals surface area contributed by atoms with Gasteiger partial charge in [0.05, 0.1) is 0 Å². The Morgan fingerprint density at radius 1 is 1.10 bits per heavy atom. The Kier molecular flexibility index (Phi) is 3.91. The monoisotopic (exact) mass is 366 g/mol. The molecule has 0 N–H and O–H groups in total. The molecule has 0 spiro atoms. The van der Waals surface area contributed by atoms with E-state index in [2.05, 4.69) is 15.9 Å². The fourth-order valence-corrected chi connectivity index (χ4v) is 2.90. The molecule has 3 nitrogen and oxygen atoms in total. The molecule has 1 heterocycles. The lowest BCUT2D eigenvalue weighted by molar-refractivity contribution is 0.103. The maximum atomic E-state index is 12.7. The van der Waals surface area contributed by atoms with Gasteiger partial charge in [-0.3, -0.25) is 4.79 Å². The number of aryl methyl sites for hydroxylation is 1. The minimum atomic E-state index is -0.0983. The zero-order chi connectivity index (χ0) is 15.0. The minimum absolute atomic E-state index is 0.0983. The summed E-state index contributed by atoms with van der Waals surface area (Å²) in [6.45, 7) is 2.88. The van der Waals surface area contributed by atoms with Gasteiger partial charge < -0.3 is 9.47 Å². The maximum Gasteiger partial charge on any atom is 0.194 e. The summed E-state index contributed by atoms with van der Waals surface area (Å²) in [5.41, 5.74) is 2.00. The van der Waals surface area contributed by atoms with E-state index in [1.165, 1.54) is 0 Å². The average molecular weight is 368 g/mol. The second-order valence-electron chi connectivity index (χ2n) is 4.76. The molecule has 108 valence electrons. The number of rotatable bonds is 2. The van der Waals surface area contributed by atoms with Crippen molar-refractivity contribution < 1.29 is 14.3 Å². The van der Waals surface area contributed by atoms with Crippen molar-refractivity contribution >= 4 is 33.3 Å². The first-order chi connectivity index (χ1) is 10.1. The second-order valence-corrected chi connectivity index (χ2v) is 6.05. The molecule has 0 aromatic heterocycles. The fraction of sp³-hybridized carbons (Fsp3) is 0.188. The summed E-state index contributed by atoms with van der Waals surface area (Å²) >= 11 is 9.42. The van der Waals surface area contributed by atoms with Crippen LogP contribution in [0.25, 0.3) is 0 Å². The quantitative estimate of drug-likeness (QED) is 0.737. The Morgan fingerprint density at radius 3 is 2.48 bits per heavy atom. The Labute approximate surface area is 136 Å². The normalized spacial score (nSPS) is 13.1. The van der Waals surface area contributed by atoms with Gasteiger partial charge in [0.15, 0.2) is 17.3 Å². The Bertz CT molecular complexity index is 728. The summed E-state index contributed by atoms with van der Waals surface area (Å²) in [5.74, 6) is 1.14. The number of ketones is 1. The summed E-state index contributed by atoms with van der Waals surface area (Å²) in [7, 11) is 0. The van der Waals surface area contributed by atoms with Crippen LogP contribution in [0.3, 0.4) is 0 Å². The number of halogens is 2. The van der Waals surface area contributed by atoms with Crippen molar-refractivity contribution in [3.05, 3.63) is 56.5 Å². The third-order valence-corrected chi connectivity index (χ3v) is 4.21. The van der Waals surface area contributed by atoms with Crippen molar-refractivity contribution in [3.8, 4) is 11.5 Å². The molecule has 0 fully saturated rings. The molecule has 0 unspecified atom stereocenters. The lowest BCUT2D eigenvalue weighted by Crippen LogP contribution is -2.16. The highest BCUT2D eigenvalue weighted by Crippen LogP contribution is 2.36. The van der Waals surface area contributed by atoms with E-state index in [9.17, 15) is 4.79 Å². The Hall–Kier alpha value is -1.52. The summed E-state index contributed by atoms with van der Waals surface area (Å²) in [4.78, 5) is 12.7. The number of fused-ring (bicyclic) bond motifs is 1. The van der Waals surface area contributed by atoms with Gasteiger partial charge in [0, 0.05) is 20.6 Å². The van der Waals surface area contributed by atoms with Crippen molar-refractivity contribution in [1.82, 2.24) is 0 Å². The van der Waals surface area contributed by atoms with Gasteiger partial charge in [-0.15, -0.1) is 0 Å². The molecule has 0 saturated heterocycles. The number of hydrogen-bond acceptors (Lipinski definition) is 3. The molecule has 2 aromatic carbocycles. The molecule has 3 rings (SSSR count). The van der Waals surface area contributed by atoms with Crippen molar-refractivity contribution in [2.24, 2.45) is 0 Å². The molecule has 5 heteroatoms. The molecule has 1 aliphatic heterocycles. The van der Waals surface area contributed by atoms with Gasteiger partial charge in [-0.25, -0.2) is 0 Å². The van der Waals surface area contributed by atoms with E-state index in [4.69, 9.17) is 21.1 Å². The summed E-state index contributed by atoms with van der Waals surface area (Å²) in [5, 5.41) is 0.539. The third-order valence-electron chi connectivity index (χ3n) is 3.32. The van der Waals surface area contributed by atoms with Crippen LogP contribution in [-0.2, 0) is 0 Å². The smallest absolute Gasteiger partial charge is 0.194 e. The molecular weight excluding hydrogens is 356 g/mol. The molecule has 2 aromatic rings. The van der Waals surface area contributed by atoms with Crippen molar-refractivity contribution in [2.45, 2.75) is 6.92 Å². The summed E-state index contributed by atoms with van der Waals surface area (Å²) < 4.78 is 11.7. The van der Waals surface area contributed by atoms with Crippen LogP contribution in [0.5, 0.6) is 11.5 Å². The SMILES string of the molecule is Cc1ccc(Cl)cc1C(=O)c1cc2c(cc1Br)OCCO2. The van der Waals surface area contributed by atoms with Crippen LogP contribution in [0.4, 0.5) is 0 Å². The lowest BCUT2D eigenvalue weighted by Gasteiger charge is -2.19. The van der Waals surface area contributed by atoms with Crippen LogP contribution in [-0.4, -0.2) is 19.0 Å². The van der Waals surface area contributed by atoms with E-state index in [1.54, 1.807) is 24.3 Å². The van der Waals surface area contributed by atoms with Gasteiger partial charge in [-0.1, -0.05) is 17.7 Å². The van der Waals surface area contributed by atoms with E-state index >= 15 is 0 Å². The zero-order valence-corrected chi connectivity index (χ0v) is 13.6. The van der Waals surface area contributed by atoms with Crippen LogP contribution >= 0.6 is 27.5 Å². The minimum Gasteiger partial charge on any atom is -0.486 e. The molecule has 0 bridgehead atoms. The highest BCUT2D eigenvalue weighted by molar-refractivity contribution is 9.10. The molecule has 21 heavy (non-hydrogen) atoms. The van der Waals surface area contributed by atoms with E-state index in [0.717, 1.165) is 5.56 Å². The van der Waals surface area contributed by atoms with Crippen LogP contribution in [0.1, 0.15) is 21.5 Å². The van der Waals surface area contributed by atoms with Gasteiger partial charge in [0.2, 0.25) is 0 Å². The molecule has 0 aliphatic carbocycles. The molecular formula is C16H12BrClO3.